The lowest BCUT2D eigenvalue weighted by atomic mass is 10.0. The summed E-state index contributed by atoms with van der Waals surface area (Å²) in [4.78, 5) is 19.7. The van der Waals surface area contributed by atoms with E-state index in [-0.39, 0.29) is 5.56 Å². The van der Waals surface area contributed by atoms with Crippen LogP contribution in [0.15, 0.2) is 67.4 Å². The minimum absolute atomic E-state index is 0.113. The molecule has 2 aromatic carbocycles. The van der Waals surface area contributed by atoms with Gasteiger partial charge < -0.3 is 9.88 Å². The molecular formula is C26H28F2N6O. The van der Waals surface area contributed by atoms with Crippen LogP contribution in [0.2, 0.25) is 0 Å². The highest BCUT2D eigenvalue weighted by atomic mass is 19.3. The van der Waals surface area contributed by atoms with E-state index in [0.29, 0.717) is 26.2 Å². The molecule has 4 aromatic rings. The fraction of sp³-hybridized carbons (Fsp3) is 0.346. The van der Waals surface area contributed by atoms with Gasteiger partial charge in [-0.15, -0.1) is 10.2 Å². The van der Waals surface area contributed by atoms with Gasteiger partial charge in [-0.1, -0.05) is 30.3 Å². The molecule has 2 aromatic heterocycles. The monoisotopic (exact) mass is 478 g/mol. The van der Waals surface area contributed by atoms with Crippen LogP contribution in [0.3, 0.4) is 0 Å². The first-order valence-electron chi connectivity index (χ1n) is 11.9. The largest absolute Gasteiger partial charge is 0.361 e. The van der Waals surface area contributed by atoms with Gasteiger partial charge in [-0.05, 0) is 43.1 Å². The number of rotatable bonds is 8. The number of aromatic amines is 1. The molecule has 7 nitrogen and oxygen atoms in total. The Bertz CT molecular complexity index is 1260. The number of aryl methyl sites for hydroxylation is 1. The molecule has 5 rings (SSSR count). The molecule has 0 radical (unpaired) electrons. The Morgan fingerprint density at radius 3 is 2.49 bits per heavy atom. The topological polar surface area (TPSA) is 70.1 Å². The van der Waals surface area contributed by atoms with Crippen molar-refractivity contribution in [3.05, 3.63) is 78.5 Å². The van der Waals surface area contributed by atoms with Gasteiger partial charge in [-0.3, -0.25) is 14.3 Å². The maximum atomic E-state index is 14.5. The molecule has 35 heavy (non-hydrogen) atoms. The number of H-pyrrole nitrogens is 1. The maximum Gasteiger partial charge on any atom is 0.281 e. The van der Waals surface area contributed by atoms with E-state index in [2.05, 4.69) is 38.4 Å². The van der Waals surface area contributed by atoms with Crippen molar-refractivity contribution in [2.75, 3.05) is 32.7 Å². The number of fused-ring (bicyclic) bond motifs is 1. The van der Waals surface area contributed by atoms with Gasteiger partial charge in [0.25, 0.3) is 5.92 Å². The Hall–Kier alpha value is -3.59. The van der Waals surface area contributed by atoms with E-state index in [1.807, 2.05) is 10.6 Å². The molecule has 1 aliphatic heterocycles. The number of carbonyl (C=O) groups is 1. The predicted octanol–water partition coefficient (Wildman–Crippen LogP) is 4.01. The average Bonchev–Trinajstić information content (AvgIpc) is 3.55. The Morgan fingerprint density at radius 2 is 1.74 bits per heavy atom. The molecule has 1 saturated heterocycles. The van der Waals surface area contributed by atoms with Gasteiger partial charge in [-0.2, -0.15) is 0 Å². The number of halogens is 2. The molecule has 0 unspecified atom stereocenters. The number of aromatic nitrogens is 4. The summed E-state index contributed by atoms with van der Waals surface area (Å²) in [5, 5.41) is 8.94. The summed E-state index contributed by atoms with van der Waals surface area (Å²) in [6.45, 7) is 3.28. The SMILES string of the molecule is O=C(CC(F)(F)c1ccccc1)N1CCN(CCCc2c[nH]c3ccc(-n4cnnc4)cc23)CC1. The minimum Gasteiger partial charge on any atom is -0.361 e. The molecular weight excluding hydrogens is 450 g/mol. The van der Waals surface area contributed by atoms with Crippen LogP contribution in [-0.2, 0) is 17.1 Å². The first-order valence-corrected chi connectivity index (χ1v) is 11.9. The van der Waals surface area contributed by atoms with Crippen molar-refractivity contribution >= 4 is 16.8 Å². The van der Waals surface area contributed by atoms with E-state index >= 15 is 0 Å². The molecule has 0 bridgehead atoms. The van der Waals surface area contributed by atoms with Crippen LogP contribution >= 0.6 is 0 Å². The predicted molar refractivity (Wildman–Crippen MR) is 130 cm³/mol. The quantitative estimate of drug-likeness (QED) is 0.416. The first kappa shape index (κ1) is 23.2. The van der Waals surface area contributed by atoms with E-state index in [1.54, 1.807) is 35.8 Å². The van der Waals surface area contributed by atoms with Gasteiger partial charge in [0.1, 0.15) is 12.7 Å². The van der Waals surface area contributed by atoms with Crippen molar-refractivity contribution in [2.45, 2.75) is 25.2 Å². The number of amides is 1. The Morgan fingerprint density at radius 1 is 1.00 bits per heavy atom. The van der Waals surface area contributed by atoms with Crippen LogP contribution in [-0.4, -0.2) is 68.2 Å². The lowest BCUT2D eigenvalue weighted by Gasteiger charge is -2.35. The minimum atomic E-state index is -3.15. The lowest BCUT2D eigenvalue weighted by molar-refractivity contribution is -0.141. The Balaban J connectivity index is 1.10. The zero-order valence-corrected chi connectivity index (χ0v) is 19.4. The summed E-state index contributed by atoms with van der Waals surface area (Å²) in [7, 11) is 0. The highest BCUT2D eigenvalue weighted by molar-refractivity contribution is 5.85. The number of carbonyl (C=O) groups excluding carboxylic acids is 1. The zero-order valence-electron chi connectivity index (χ0n) is 19.4. The molecule has 1 fully saturated rings. The van der Waals surface area contributed by atoms with Crippen molar-refractivity contribution in [1.29, 1.82) is 0 Å². The van der Waals surface area contributed by atoms with Crippen LogP contribution in [0.5, 0.6) is 0 Å². The summed E-state index contributed by atoms with van der Waals surface area (Å²) in [6, 6.07) is 13.8. The second kappa shape index (κ2) is 9.95. The van der Waals surface area contributed by atoms with E-state index < -0.39 is 18.3 Å². The Kier molecular flexibility index (Phi) is 6.59. The van der Waals surface area contributed by atoms with Crippen molar-refractivity contribution in [2.24, 2.45) is 0 Å². The molecule has 1 amide bonds. The highest BCUT2D eigenvalue weighted by Crippen LogP contribution is 2.32. The molecule has 1 N–H and O–H groups in total. The summed E-state index contributed by atoms with van der Waals surface area (Å²) < 4.78 is 30.9. The molecule has 0 spiro atoms. The third-order valence-electron chi connectivity index (χ3n) is 6.68. The fourth-order valence-electron chi connectivity index (χ4n) is 4.67. The average molecular weight is 479 g/mol. The van der Waals surface area contributed by atoms with E-state index in [9.17, 15) is 13.6 Å². The van der Waals surface area contributed by atoms with Gasteiger partial charge in [0, 0.05) is 54.5 Å². The maximum absolute atomic E-state index is 14.5. The van der Waals surface area contributed by atoms with Crippen LogP contribution in [0.1, 0.15) is 24.0 Å². The van der Waals surface area contributed by atoms with Gasteiger partial charge in [0.2, 0.25) is 5.91 Å². The van der Waals surface area contributed by atoms with Crippen LogP contribution in [0.25, 0.3) is 16.6 Å². The van der Waals surface area contributed by atoms with Crippen molar-refractivity contribution in [1.82, 2.24) is 29.5 Å². The number of nitrogens with zero attached hydrogens (tertiary/aromatic N) is 5. The van der Waals surface area contributed by atoms with Gasteiger partial charge in [-0.25, -0.2) is 8.78 Å². The van der Waals surface area contributed by atoms with E-state index in [4.69, 9.17) is 0 Å². The van der Waals surface area contributed by atoms with Gasteiger partial charge >= 0.3 is 0 Å². The van der Waals surface area contributed by atoms with Gasteiger partial charge in [0.05, 0.1) is 6.42 Å². The zero-order chi connectivity index (χ0) is 24.3. The van der Waals surface area contributed by atoms with Gasteiger partial charge in [0.15, 0.2) is 0 Å². The van der Waals surface area contributed by atoms with Crippen molar-refractivity contribution in [3.8, 4) is 5.69 Å². The third kappa shape index (κ3) is 5.24. The molecule has 9 heteroatoms. The fourth-order valence-corrected chi connectivity index (χ4v) is 4.67. The summed E-state index contributed by atoms with van der Waals surface area (Å²) in [5.41, 5.74) is 3.25. The van der Waals surface area contributed by atoms with E-state index in [0.717, 1.165) is 30.6 Å². The molecule has 0 aliphatic carbocycles. The van der Waals surface area contributed by atoms with Crippen LogP contribution in [0, 0.1) is 0 Å². The van der Waals surface area contributed by atoms with Crippen molar-refractivity contribution in [3.63, 3.8) is 0 Å². The smallest absolute Gasteiger partial charge is 0.281 e. The number of hydrogen-bond acceptors (Lipinski definition) is 4. The number of nitrogens with one attached hydrogen (secondary N) is 1. The summed E-state index contributed by atoms with van der Waals surface area (Å²) >= 11 is 0. The summed E-state index contributed by atoms with van der Waals surface area (Å²) in [6.07, 6.45) is 6.54. The second-order valence-electron chi connectivity index (χ2n) is 8.99. The molecule has 3 heterocycles. The molecule has 1 aliphatic rings. The number of hydrogen-bond donors (Lipinski definition) is 1. The van der Waals surface area contributed by atoms with Crippen LogP contribution < -0.4 is 0 Å². The molecule has 182 valence electrons. The standard InChI is InChI=1S/C26H28F2N6O/c27-26(28,21-6-2-1-3-7-21)16-25(35)33-13-11-32(12-14-33)10-4-5-20-17-29-24-9-8-22(15-23(20)24)34-18-30-31-19-34/h1-3,6-9,15,17-19,29H,4-5,10-14,16H2. The third-order valence-corrected chi connectivity index (χ3v) is 6.68. The summed E-state index contributed by atoms with van der Waals surface area (Å²) in [5.74, 6) is -3.63. The second-order valence-corrected chi connectivity index (χ2v) is 8.99. The van der Waals surface area contributed by atoms with Crippen LogP contribution in [0.4, 0.5) is 8.78 Å². The highest BCUT2D eigenvalue weighted by Gasteiger charge is 2.36. The molecule has 0 saturated carbocycles. The molecule has 0 atom stereocenters. The normalized spacial score (nSPS) is 15.1. The lowest BCUT2D eigenvalue weighted by Crippen LogP contribution is -2.49. The number of alkyl halides is 2. The Labute approximate surface area is 202 Å². The van der Waals surface area contributed by atoms with E-state index in [1.165, 1.54) is 23.1 Å². The van der Waals surface area contributed by atoms with Crippen molar-refractivity contribution < 1.29 is 13.6 Å². The number of benzene rings is 2. The first-order chi connectivity index (χ1) is 17.0. The number of piperazine rings is 1.